The molecule has 2 aliphatic heterocycles. The molecule has 0 bridgehead atoms. The van der Waals surface area contributed by atoms with Crippen molar-refractivity contribution in [2.24, 2.45) is 0 Å². The second-order valence-corrected chi connectivity index (χ2v) is 9.35. The molecule has 0 saturated heterocycles. The number of fused-ring (bicyclic) bond motifs is 2. The lowest BCUT2D eigenvalue weighted by Gasteiger charge is -2.32. The van der Waals surface area contributed by atoms with Crippen LogP contribution in [0.2, 0.25) is 0 Å². The number of nitrogens with zero attached hydrogens (tertiary/aromatic N) is 2. The number of carbonyl (C=O) groups excluding carboxylic acids is 1. The molecule has 0 fully saturated rings. The third-order valence-electron chi connectivity index (χ3n) is 7.07. The van der Waals surface area contributed by atoms with Gasteiger partial charge in [0.25, 0.3) is 0 Å². The molecule has 1 amide bonds. The van der Waals surface area contributed by atoms with E-state index < -0.39 is 0 Å². The zero-order valence-electron chi connectivity index (χ0n) is 21.7. The second-order valence-electron chi connectivity index (χ2n) is 9.35. The Morgan fingerprint density at radius 1 is 0.806 bits per heavy atom. The van der Waals surface area contributed by atoms with Crippen LogP contribution in [-0.2, 0) is 37.3 Å². The summed E-state index contributed by atoms with van der Waals surface area (Å²) in [6, 6.07) is 21.2. The van der Waals surface area contributed by atoms with Crippen LogP contribution < -0.4 is 14.2 Å². The highest BCUT2D eigenvalue weighted by molar-refractivity contribution is 5.53. The molecule has 3 aromatic carbocycles. The van der Waals surface area contributed by atoms with Gasteiger partial charge in [-0.1, -0.05) is 42.5 Å². The van der Waals surface area contributed by atoms with E-state index in [9.17, 15) is 4.79 Å². The molecule has 190 valence electrons. The van der Waals surface area contributed by atoms with Crippen LogP contribution in [0.4, 0.5) is 0 Å². The number of rotatable bonds is 6. The minimum Gasteiger partial charge on any atom is -0.496 e. The van der Waals surface area contributed by atoms with E-state index in [2.05, 4.69) is 41.3 Å². The molecule has 0 saturated carbocycles. The van der Waals surface area contributed by atoms with Gasteiger partial charge in [0.2, 0.25) is 6.41 Å². The van der Waals surface area contributed by atoms with Crippen LogP contribution in [-0.4, -0.2) is 50.1 Å². The van der Waals surface area contributed by atoms with Gasteiger partial charge in [0.15, 0.2) is 11.5 Å². The molecule has 6 nitrogen and oxygen atoms in total. The topological polar surface area (TPSA) is 51.2 Å². The van der Waals surface area contributed by atoms with Gasteiger partial charge in [-0.05, 0) is 60.2 Å². The largest absolute Gasteiger partial charge is 0.496 e. The molecule has 0 aliphatic carbocycles. The Bertz CT molecular complexity index is 1180. The maximum absolute atomic E-state index is 10.9. The molecule has 2 aliphatic rings. The van der Waals surface area contributed by atoms with Crippen molar-refractivity contribution in [3.63, 3.8) is 0 Å². The zero-order valence-corrected chi connectivity index (χ0v) is 21.7. The third kappa shape index (κ3) is 5.82. The highest BCUT2D eigenvalue weighted by atomic mass is 16.5. The Labute approximate surface area is 214 Å². The van der Waals surface area contributed by atoms with E-state index in [0.29, 0.717) is 12.3 Å². The number of methoxy groups -OCH3 is 3. The van der Waals surface area contributed by atoms with Crippen molar-refractivity contribution in [2.45, 2.75) is 45.4 Å². The molecule has 2 heterocycles. The standard InChI is InChI=1S/C17H19NO.C13H17NO3/c1-19-17-9-5-4-8-16(17)13-18-11-10-14-6-2-3-7-15(14)12-18;1-9-4-10-5-12(16-2)13(17-3)6-11(10)7-14(9)8-15/h2-9H,10-13H2,1H3;5-6,8-9H,4,7H2,1-3H3. The summed E-state index contributed by atoms with van der Waals surface area (Å²) >= 11 is 0. The summed E-state index contributed by atoms with van der Waals surface area (Å²) in [4.78, 5) is 15.2. The summed E-state index contributed by atoms with van der Waals surface area (Å²) in [5, 5.41) is 0. The minimum absolute atomic E-state index is 0.234. The van der Waals surface area contributed by atoms with Gasteiger partial charge in [0, 0.05) is 37.8 Å². The lowest BCUT2D eigenvalue weighted by atomic mass is 9.94. The van der Waals surface area contributed by atoms with Crippen LogP contribution in [0, 0.1) is 0 Å². The number of benzene rings is 3. The molecular weight excluding hydrogens is 452 g/mol. The lowest BCUT2D eigenvalue weighted by molar-refractivity contribution is -0.120. The Morgan fingerprint density at radius 2 is 1.44 bits per heavy atom. The number of hydrogen-bond donors (Lipinski definition) is 0. The van der Waals surface area contributed by atoms with Crippen LogP contribution in [0.3, 0.4) is 0 Å². The quantitative estimate of drug-likeness (QED) is 0.464. The van der Waals surface area contributed by atoms with Gasteiger partial charge >= 0.3 is 0 Å². The third-order valence-corrected chi connectivity index (χ3v) is 7.07. The molecule has 0 radical (unpaired) electrons. The molecule has 5 rings (SSSR count). The Morgan fingerprint density at radius 3 is 2.14 bits per heavy atom. The maximum atomic E-state index is 10.9. The number of amides is 1. The number of para-hydroxylation sites is 1. The molecule has 0 spiro atoms. The van der Waals surface area contributed by atoms with E-state index in [1.54, 1.807) is 26.2 Å². The van der Waals surface area contributed by atoms with Gasteiger partial charge in [-0.25, -0.2) is 0 Å². The van der Waals surface area contributed by atoms with E-state index >= 15 is 0 Å². The van der Waals surface area contributed by atoms with Gasteiger partial charge in [-0.3, -0.25) is 9.69 Å². The van der Waals surface area contributed by atoms with E-state index in [-0.39, 0.29) is 6.04 Å². The Kier molecular flexibility index (Phi) is 8.49. The maximum Gasteiger partial charge on any atom is 0.210 e. The van der Waals surface area contributed by atoms with Crippen molar-refractivity contribution in [3.05, 3.63) is 88.5 Å². The first-order valence-electron chi connectivity index (χ1n) is 12.4. The van der Waals surface area contributed by atoms with Crippen LogP contribution in [0.25, 0.3) is 0 Å². The first kappa shape index (κ1) is 25.6. The van der Waals surface area contributed by atoms with Gasteiger partial charge < -0.3 is 19.1 Å². The predicted molar refractivity (Wildman–Crippen MR) is 142 cm³/mol. The molecule has 3 aromatic rings. The van der Waals surface area contributed by atoms with Gasteiger partial charge in [0.1, 0.15) is 5.75 Å². The molecule has 1 unspecified atom stereocenters. The number of carbonyl (C=O) groups is 1. The fourth-order valence-electron chi connectivity index (χ4n) is 4.99. The number of hydrogen-bond acceptors (Lipinski definition) is 5. The first-order valence-corrected chi connectivity index (χ1v) is 12.4. The van der Waals surface area contributed by atoms with Crippen LogP contribution >= 0.6 is 0 Å². The Balaban J connectivity index is 0.000000170. The Hall–Kier alpha value is -3.51. The predicted octanol–water partition coefficient (Wildman–Crippen LogP) is 4.86. The first-order chi connectivity index (χ1) is 17.6. The normalized spacial score (nSPS) is 16.7. The molecule has 1 atom stereocenters. The molecule has 0 aromatic heterocycles. The van der Waals surface area contributed by atoms with Crippen molar-refractivity contribution < 1.29 is 19.0 Å². The summed E-state index contributed by atoms with van der Waals surface area (Å²) in [5.74, 6) is 2.45. The van der Waals surface area contributed by atoms with E-state index in [1.165, 1.54) is 22.3 Å². The average Bonchev–Trinajstić information content (AvgIpc) is 2.92. The summed E-state index contributed by atoms with van der Waals surface area (Å²) in [7, 11) is 4.99. The summed E-state index contributed by atoms with van der Waals surface area (Å²) in [6.07, 6.45) is 2.91. The summed E-state index contributed by atoms with van der Waals surface area (Å²) < 4.78 is 16.0. The van der Waals surface area contributed by atoms with Gasteiger partial charge in [-0.15, -0.1) is 0 Å². The fourth-order valence-corrected chi connectivity index (χ4v) is 4.99. The van der Waals surface area contributed by atoms with Crippen molar-refractivity contribution in [3.8, 4) is 17.2 Å². The highest BCUT2D eigenvalue weighted by Gasteiger charge is 2.23. The fraction of sp³-hybridized carbons (Fsp3) is 0.367. The molecular formula is C30H36N2O4. The minimum atomic E-state index is 0.234. The van der Waals surface area contributed by atoms with Crippen molar-refractivity contribution >= 4 is 6.41 Å². The zero-order chi connectivity index (χ0) is 25.5. The van der Waals surface area contributed by atoms with Crippen molar-refractivity contribution in [2.75, 3.05) is 27.9 Å². The summed E-state index contributed by atoms with van der Waals surface area (Å²) in [5.41, 5.74) is 6.59. The average molecular weight is 489 g/mol. The number of ether oxygens (including phenoxy) is 3. The van der Waals surface area contributed by atoms with Crippen LogP contribution in [0.15, 0.2) is 60.7 Å². The van der Waals surface area contributed by atoms with Crippen LogP contribution in [0.5, 0.6) is 17.2 Å². The SMILES string of the molecule is COc1cc2c(cc1OC)CN(C=O)C(C)C2.COc1ccccc1CN1CCc2ccccc2C1. The lowest BCUT2D eigenvalue weighted by Crippen LogP contribution is -2.37. The summed E-state index contributed by atoms with van der Waals surface area (Å²) in [6.45, 7) is 5.80. The van der Waals surface area contributed by atoms with E-state index in [0.717, 1.165) is 55.9 Å². The molecule has 0 N–H and O–H groups in total. The van der Waals surface area contributed by atoms with Gasteiger partial charge in [-0.2, -0.15) is 0 Å². The smallest absolute Gasteiger partial charge is 0.210 e. The molecule has 6 heteroatoms. The molecule has 36 heavy (non-hydrogen) atoms. The van der Waals surface area contributed by atoms with Crippen LogP contribution in [0.1, 0.15) is 34.7 Å². The highest BCUT2D eigenvalue weighted by Crippen LogP contribution is 2.34. The van der Waals surface area contributed by atoms with E-state index in [1.807, 2.05) is 31.2 Å². The van der Waals surface area contributed by atoms with Crippen molar-refractivity contribution in [1.82, 2.24) is 9.80 Å². The second kappa shape index (κ2) is 12.0. The monoisotopic (exact) mass is 488 g/mol. The van der Waals surface area contributed by atoms with Crippen molar-refractivity contribution in [1.29, 1.82) is 0 Å². The van der Waals surface area contributed by atoms with Gasteiger partial charge in [0.05, 0.1) is 21.3 Å². The van der Waals surface area contributed by atoms with E-state index in [4.69, 9.17) is 14.2 Å².